The maximum absolute atomic E-state index is 11.8. The summed E-state index contributed by atoms with van der Waals surface area (Å²) in [5, 5.41) is 8.33. The molecule has 3 heteroatoms. The van der Waals surface area contributed by atoms with Crippen LogP contribution < -0.4 is 0 Å². The molecule has 96 valence electrons. The zero-order valence-corrected chi connectivity index (χ0v) is 10.3. The van der Waals surface area contributed by atoms with Crippen LogP contribution in [-0.4, -0.2) is 11.0 Å². The van der Waals surface area contributed by atoms with E-state index in [1.807, 2.05) is 42.5 Å². The molecule has 0 heterocycles. The Morgan fingerprint density at radius 1 is 1.05 bits per heavy atom. The van der Waals surface area contributed by atoms with Crippen LogP contribution in [0.2, 0.25) is 0 Å². The minimum absolute atomic E-state index is 0.0247. The van der Waals surface area contributed by atoms with E-state index in [1.165, 1.54) is 0 Å². The van der Waals surface area contributed by atoms with E-state index in [2.05, 4.69) is 4.89 Å². The Kier molecular flexibility index (Phi) is 4.61. The van der Waals surface area contributed by atoms with Crippen LogP contribution in [0.4, 0.5) is 0 Å². The summed E-state index contributed by atoms with van der Waals surface area (Å²) in [5.41, 5.74) is 2.46. The first-order chi connectivity index (χ1) is 9.29. The number of carbonyl (C=O) groups excluding carboxylic acids is 1. The van der Waals surface area contributed by atoms with Crippen LogP contribution in [-0.2, 0) is 11.5 Å². The average Bonchev–Trinajstić information content (AvgIpc) is 2.47. The lowest BCUT2D eigenvalue weighted by Crippen LogP contribution is -1.92. The normalized spacial score (nSPS) is 10.8. The number of carbonyl (C=O) groups is 1. The predicted octanol–water partition coefficient (Wildman–Crippen LogP) is 3.57. The fourth-order valence-corrected chi connectivity index (χ4v) is 1.67. The van der Waals surface area contributed by atoms with E-state index in [0.29, 0.717) is 5.56 Å². The van der Waals surface area contributed by atoms with Crippen molar-refractivity contribution in [2.45, 2.75) is 6.61 Å². The van der Waals surface area contributed by atoms with Gasteiger partial charge in [0.25, 0.3) is 0 Å². The number of allylic oxidation sites excluding steroid dienone is 1. The highest BCUT2D eigenvalue weighted by Gasteiger charge is 1.99. The van der Waals surface area contributed by atoms with Crippen molar-refractivity contribution in [1.29, 1.82) is 0 Å². The van der Waals surface area contributed by atoms with E-state index >= 15 is 0 Å². The van der Waals surface area contributed by atoms with Crippen LogP contribution in [0.1, 0.15) is 21.5 Å². The highest BCUT2D eigenvalue weighted by atomic mass is 17.1. The molecule has 2 aromatic rings. The van der Waals surface area contributed by atoms with Crippen molar-refractivity contribution in [2.75, 3.05) is 0 Å². The van der Waals surface area contributed by atoms with Crippen molar-refractivity contribution in [1.82, 2.24) is 0 Å². The Balaban J connectivity index is 2.04. The first-order valence-corrected chi connectivity index (χ1v) is 5.92. The molecule has 0 fully saturated rings. The summed E-state index contributed by atoms with van der Waals surface area (Å²) in [4.78, 5) is 15.9. The fourth-order valence-electron chi connectivity index (χ4n) is 1.67. The lowest BCUT2D eigenvalue weighted by atomic mass is 10.1. The molecule has 0 bridgehead atoms. The van der Waals surface area contributed by atoms with Crippen LogP contribution in [0, 0.1) is 0 Å². The summed E-state index contributed by atoms with van der Waals surface area (Å²) in [6.45, 7) is 0.160. The summed E-state index contributed by atoms with van der Waals surface area (Å²) in [6.07, 6.45) is 3.31. The molecule has 3 nitrogen and oxygen atoms in total. The van der Waals surface area contributed by atoms with Gasteiger partial charge < -0.3 is 0 Å². The maximum atomic E-state index is 11.8. The van der Waals surface area contributed by atoms with Gasteiger partial charge >= 0.3 is 0 Å². The second-order valence-electron chi connectivity index (χ2n) is 4.08. The van der Waals surface area contributed by atoms with Crippen LogP contribution in [0.5, 0.6) is 0 Å². The molecule has 0 amide bonds. The van der Waals surface area contributed by atoms with E-state index in [4.69, 9.17) is 5.26 Å². The summed E-state index contributed by atoms with van der Waals surface area (Å²) < 4.78 is 0. The van der Waals surface area contributed by atoms with E-state index in [-0.39, 0.29) is 12.4 Å². The van der Waals surface area contributed by atoms with Gasteiger partial charge in [-0.25, -0.2) is 4.89 Å². The molecule has 0 aliphatic carbocycles. The SMILES string of the molecule is O=C(C=Cc1ccc(COO)cc1)c1ccccc1. The highest BCUT2D eigenvalue weighted by molar-refractivity contribution is 6.06. The Morgan fingerprint density at radius 3 is 2.37 bits per heavy atom. The van der Waals surface area contributed by atoms with Gasteiger partial charge in [0.05, 0.1) is 0 Å². The van der Waals surface area contributed by atoms with Crippen molar-refractivity contribution in [2.24, 2.45) is 0 Å². The molecule has 0 radical (unpaired) electrons. The zero-order chi connectivity index (χ0) is 13.5. The third-order valence-electron chi connectivity index (χ3n) is 2.70. The highest BCUT2D eigenvalue weighted by Crippen LogP contribution is 2.08. The van der Waals surface area contributed by atoms with Crippen LogP contribution in [0.15, 0.2) is 60.7 Å². The molecule has 1 N–H and O–H groups in total. The number of hydrogen-bond donors (Lipinski definition) is 1. The summed E-state index contributed by atoms with van der Waals surface area (Å²) in [7, 11) is 0. The van der Waals surface area contributed by atoms with Crippen molar-refractivity contribution in [3.05, 3.63) is 77.4 Å². The molecule has 0 aromatic heterocycles. The van der Waals surface area contributed by atoms with Gasteiger partial charge in [0.1, 0.15) is 6.61 Å². The first kappa shape index (κ1) is 13.2. The van der Waals surface area contributed by atoms with Crippen LogP contribution >= 0.6 is 0 Å². The Hall–Kier alpha value is -2.23. The second-order valence-corrected chi connectivity index (χ2v) is 4.08. The molecule has 0 atom stereocenters. The number of ketones is 1. The van der Waals surface area contributed by atoms with Gasteiger partial charge in [-0.05, 0) is 17.2 Å². The van der Waals surface area contributed by atoms with Crippen LogP contribution in [0.25, 0.3) is 6.08 Å². The molecule has 19 heavy (non-hydrogen) atoms. The van der Waals surface area contributed by atoms with Crippen LogP contribution in [0.3, 0.4) is 0 Å². The van der Waals surface area contributed by atoms with Crippen molar-refractivity contribution >= 4 is 11.9 Å². The van der Waals surface area contributed by atoms with Gasteiger partial charge in [-0.3, -0.25) is 10.1 Å². The average molecular weight is 254 g/mol. The van der Waals surface area contributed by atoms with Gasteiger partial charge in [0, 0.05) is 5.56 Å². The molecule has 0 aliphatic rings. The zero-order valence-electron chi connectivity index (χ0n) is 10.3. The molecule has 2 aromatic carbocycles. The number of hydrogen-bond acceptors (Lipinski definition) is 3. The molecule has 0 saturated heterocycles. The van der Waals surface area contributed by atoms with Gasteiger partial charge in [-0.2, -0.15) is 0 Å². The standard InChI is InChI=1S/C16H14O3/c17-16(15-4-2-1-3-5-15)11-10-13-6-8-14(9-7-13)12-19-18/h1-11,18H,12H2. The van der Waals surface area contributed by atoms with E-state index in [0.717, 1.165) is 11.1 Å². The Morgan fingerprint density at radius 2 is 1.74 bits per heavy atom. The van der Waals surface area contributed by atoms with Gasteiger partial charge in [0.2, 0.25) is 0 Å². The minimum Gasteiger partial charge on any atom is -0.289 e. The second kappa shape index (κ2) is 6.64. The minimum atomic E-state index is -0.0247. The topological polar surface area (TPSA) is 46.5 Å². The molecule has 0 unspecified atom stereocenters. The predicted molar refractivity (Wildman–Crippen MR) is 73.7 cm³/mol. The van der Waals surface area contributed by atoms with Crippen molar-refractivity contribution < 1.29 is 14.9 Å². The van der Waals surface area contributed by atoms with Gasteiger partial charge in [0.15, 0.2) is 5.78 Å². The van der Waals surface area contributed by atoms with Crippen molar-refractivity contribution in [3.8, 4) is 0 Å². The molecule has 0 aliphatic heterocycles. The molecule has 2 rings (SSSR count). The first-order valence-electron chi connectivity index (χ1n) is 5.92. The quantitative estimate of drug-likeness (QED) is 0.384. The van der Waals surface area contributed by atoms with Crippen molar-refractivity contribution in [3.63, 3.8) is 0 Å². The third kappa shape index (κ3) is 3.88. The molecular formula is C16H14O3. The lowest BCUT2D eigenvalue weighted by Gasteiger charge is -1.99. The largest absolute Gasteiger partial charge is 0.289 e. The molecule has 0 saturated carbocycles. The van der Waals surface area contributed by atoms with E-state index < -0.39 is 0 Å². The maximum Gasteiger partial charge on any atom is 0.185 e. The lowest BCUT2D eigenvalue weighted by molar-refractivity contribution is -0.253. The van der Waals surface area contributed by atoms with Gasteiger partial charge in [-0.1, -0.05) is 60.7 Å². The summed E-state index contributed by atoms with van der Waals surface area (Å²) in [5.74, 6) is -0.0247. The Labute approximate surface area is 111 Å². The third-order valence-corrected chi connectivity index (χ3v) is 2.70. The Bertz CT molecular complexity index is 556. The monoisotopic (exact) mass is 254 g/mol. The fraction of sp³-hybridized carbons (Fsp3) is 0.0625. The summed E-state index contributed by atoms with van der Waals surface area (Å²) in [6, 6.07) is 16.5. The van der Waals surface area contributed by atoms with E-state index in [9.17, 15) is 4.79 Å². The summed E-state index contributed by atoms with van der Waals surface area (Å²) >= 11 is 0. The molecular weight excluding hydrogens is 240 g/mol. The molecule has 0 spiro atoms. The number of benzene rings is 2. The van der Waals surface area contributed by atoms with Gasteiger partial charge in [-0.15, -0.1) is 0 Å². The smallest absolute Gasteiger partial charge is 0.185 e. The van der Waals surface area contributed by atoms with E-state index in [1.54, 1.807) is 24.3 Å². The number of rotatable bonds is 5.